The van der Waals surface area contributed by atoms with Gasteiger partial charge < -0.3 is 10.1 Å². The predicted molar refractivity (Wildman–Crippen MR) is 59.4 cm³/mol. The van der Waals surface area contributed by atoms with Gasteiger partial charge in [0.25, 0.3) is 0 Å². The normalized spacial score (nSPS) is 14.8. The Hall–Kier alpha value is -1.00. The summed E-state index contributed by atoms with van der Waals surface area (Å²) in [5.74, 6) is -1.09. The average molecular weight is 229 g/mol. The van der Waals surface area contributed by atoms with Crippen LogP contribution in [0.25, 0.3) is 0 Å². The van der Waals surface area contributed by atoms with Crippen molar-refractivity contribution in [3.63, 3.8) is 0 Å². The first-order valence-electron chi connectivity index (χ1n) is 5.22. The van der Waals surface area contributed by atoms with Crippen LogP contribution in [0.15, 0.2) is 18.2 Å². The van der Waals surface area contributed by atoms with E-state index in [9.17, 15) is 8.78 Å². The zero-order chi connectivity index (χ0) is 12.1. The highest BCUT2D eigenvalue weighted by atomic mass is 19.1. The van der Waals surface area contributed by atoms with Crippen molar-refractivity contribution in [3.8, 4) is 0 Å². The number of benzene rings is 1. The molecule has 1 aromatic carbocycles. The molecule has 4 heteroatoms. The van der Waals surface area contributed by atoms with Crippen LogP contribution < -0.4 is 5.32 Å². The molecule has 0 bridgehead atoms. The van der Waals surface area contributed by atoms with Gasteiger partial charge in [0.05, 0.1) is 6.10 Å². The van der Waals surface area contributed by atoms with E-state index in [1.807, 2.05) is 6.92 Å². The van der Waals surface area contributed by atoms with Gasteiger partial charge in [-0.1, -0.05) is 0 Å². The van der Waals surface area contributed by atoms with Crippen LogP contribution in [-0.2, 0) is 11.2 Å². The van der Waals surface area contributed by atoms with Gasteiger partial charge in [0.1, 0.15) is 11.6 Å². The van der Waals surface area contributed by atoms with Crippen LogP contribution in [-0.4, -0.2) is 26.3 Å². The highest BCUT2D eigenvalue weighted by Crippen LogP contribution is 2.12. The topological polar surface area (TPSA) is 21.3 Å². The molecule has 0 aromatic heterocycles. The lowest BCUT2D eigenvalue weighted by atomic mass is 10.0. The van der Waals surface area contributed by atoms with E-state index in [-0.39, 0.29) is 12.1 Å². The number of hydrogen-bond donors (Lipinski definition) is 1. The van der Waals surface area contributed by atoms with Gasteiger partial charge >= 0.3 is 0 Å². The van der Waals surface area contributed by atoms with Crippen molar-refractivity contribution in [2.45, 2.75) is 25.5 Å². The Morgan fingerprint density at radius 3 is 2.25 bits per heavy atom. The van der Waals surface area contributed by atoms with Crippen molar-refractivity contribution in [2.24, 2.45) is 0 Å². The molecule has 0 fully saturated rings. The Bertz CT molecular complexity index is 324. The molecular formula is C12H17F2NO. The molecule has 2 nitrogen and oxygen atoms in total. The smallest absolute Gasteiger partial charge is 0.126 e. The minimum Gasteiger partial charge on any atom is -0.380 e. The van der Waals surface area contributed by atoms with E-state index in [4.69, 9.17) is 4.74 Å². The zero-order valence-corrected chi connectivity index (χ0v) is 9.76. The SMILES string of the molecule is CNC(Cc1cc(F)cc(F)c1)C(C)OC. The first-order valence-corrected chi connectivity index (χ1v) is 5.22. The number of methoxy groups -OCH3 is 1. The summed E-state index contributed by atoms with van der Waals surface area (Å²) in [6.45, 7) is 1.91. The second-order valence-electron chi connectivity index (χ2n) is 3.82. The first kappa shape index (κ1) is 13.1. The summed E-state index contributed by atoms with van der Waals surface area (Å²) in [6, 6.07) is 3.59. The maximum atomic E-state index is 13.0. The Morgan fingerprint density at radius 1 is 1.25 bits per heavy atom. The Morgan fingerprint density at radius 2 is 1.81 bits per heavy atom. The van der Waals surface area contributed by atoms with Crippen LogP contribution in [0.5, 0.6) is 0 Å². The molecule has 90 valence electrons. The summed E-state index contributed by atoms with van der Waals surface area (Å²) >= 11 is 0. The van der Waals surface area contributed by atoms with E-state index < -0.39 is 11.6 Å². The molecule has 2 unspecified atom stereocenters. The highest BCUT2D eigenvalue weighted by Gasteiger charge is 2.15. The number of nitrogens with one attached hydrogen (secondary N) is 1. The molecule has 0 saturated heterocycles. The second kappa shape index (κ2) is 5.92. The van der Waals surface area contributed by atoms with Crippen molar-refractivity contribution in [3.05, 3.63) is 35.4 Å². The van der Waals surface area contributed by atoms with Crippen molar-refractivity contribution >= 4 is 0 Å². The van der Waals surface area contributed by atoms with Crippen LogP contribution in [0.2, 0.25) is 0 Å². The second-order valence-corrected chi connectivity index (χ2v) is 3.82. The van der Waals surface area contributed by atoms with Crippen molar-refractivity contribution in [1.29, 1.82) is 0 Å². The number of hydrogen-bond acceptors (Lipinski definition) is 2. The van der Waals surface area contributed by atoms with Gasteiger partial charge in [-0.3, -0.25) is 0 Å². The minimum absolute atomic E-state index is 0.0173. The number of rotatable bonds is 5. The lowest BCUT2D eigenvalue weighted by Gasteiger charge is -2.22. The summed E-state index contributed by atoms with van der Waals surface area (Å²) in [5.41, 5.74) is 0.626. The summed E-state index contributed by atoms with van der Waals surface area (Å²) in [4.78, 5) is 0. The largest absolute Gasteiger partial charge is 0.380 e. The van der Waals surface area contributed by atoms with Crippen LogP contribution in [0.3, 0.4) is 0 Å². The van der Waals surface area contributed by atoms with Gasteiger partial charge in [-0.25, -0.2) is 8.78 Å². The van der Waals surface area contributed by atoms with Crippen LogP contribution in [0.1, 0.15) is 12.5 Å². The van der Waals surface area contributed by atoms with E-state index in [0.29, 0.717) is 12.0 Å². The van der Waals surface area contributed by atoms with E-state index in [1.54, 1.807) is 14.2 Å². The number of ether oxygens (including phenoxy) is 1. The van der Waals surface area contributed by atoms with Crippen molar-refractivity contribution in [1.82, 2.24) is 5.32 Å². The van der Waals surface area contributed by atoms with E-state index in [0.717, 1.165) is 6.07 Å². The molecule has 0 aliphatic carbocycles. The standard InChI is InChI=1S/C12H17F2NO/c1-8(16-3)12(15-2)6-9-4-10(13)7-11(14)5-9/h4-5,7-8,12,15H,6H2,1-3H3. The van der Waals surface area contributed by atoms with Gasteiger partial charge in [0.2, 0.25) is 0 Å². The fourth-order valence-electron chi connectivity index (χ4n) is 1.65. The Kier molecular flexibility index (Phi) is 4.83. The third-order valence-corrected chi connectivity index (χ3v) is 2.69. The maximum Gasteiger partial charge on any atom is 0.126 e. The molecular weight excluding hydrogens is 212 g/mol. The molecule has 1 N–H and O–H groups in total. The van der Waals surface area contributed by atoms with E-state index in [1.165, 1.54) is 12.1 Å². The summed E-state index contributed by atoms with van der Waals surface area (Å²) in [6.07, 6.45) is 0.511. The van der Waals surface area contributed by atoms with E-state index >= 15 is 0 Å². The maximum absolute atomic E-state index is 13.0. The molecule has 16 heavy (non-hydrogen) atoms. The van der Waals surface area contributed by atoms with Gasteiger partial charge in [-0.15, -0.1) is 0 Å². The molecule has 0 aliphatic rings. The van der Waals surface area contributed by atoms with Gasteiger partial charge in [-0.2, -0.15) is 0 Å². The van der Waals surface area contributed by atoms with E-state index in [2.05, 4.69) is 5.32 Å². The predicted octanol–water partition coefficient (Wildman–Crippen LogP) is 2.13. The quantitative estimate of drug-likeness (QED) is 0.835. The monoisotopic (exact) mass is 229 g/mol. The average Bonchev–Trinajstić information content (AvgIpc) is 2.23. The molecule has 0 heterocycles. The molecule has 0 spiro atoms. The van der Waals surface area contributed by atoms with Gasteiger partial charge in [0.15, 0.2) is 0 Å². The third kappa shape index (κ3) is 3.54. The molecule has 0 radical (unpaired) electrons. The summed E-state index contributed by atoms with van der Waals surface area (Å²) in [5, 5.41) is 3.07. The molecule has 1 rings (SSSR count). The molecule has 0 saturated carbocycles. The lowest BCUT2D eigenvalue weighted by molar-refractivity contribution is 0.0856. The zero-order valence-electron chi connectivity index (χ0n) is 9.76. The molecule has 1 aromatic rings. The summed E-state index contributed by atoms with van der Waals surface area (Å²) < 4.78 is 31.1. The fraction of sp³-hybridized carbons (Fsp3) is 0.500. The number of likely N-dealkylation sites (N-methyl/N-ethyl adjacent to an activating group) is 1. The van der Waals surface area contributed by atoms with Crippen LogP contribution >= 0.6 is 0 Å². The highest BCUT2D eigenvalue weighted by molar-refractivity contribution is 5.19. The van der Waals surface area contributed by atoms with Crippen LogP contribution in [0.4, 0.5) is 8.78 Å². The first-order chi connectivity index (χ1) is 7.56. The van der Waals surface area contributed by atoms with Gasteiger partial charge in [0, 0.05) is 19.2 Å². The lowest BCUT2D eigenvalue weighted by Crippen LogP contribution is -2.38. The number of halogens is 2. The van der Waals surface area contributed by atoms with Gasteiger partial charge in [-0.05, 0) is 38.1 Å². The Balaban J connectivity index is 2.77. The minimum atomic E-state index is -0.546. The van der Waals surface area contributed by atoms with Crippen LogP contribution in [0, 0.1) is 11.6 Å². The molecule has 0 aliphatic heterocycles. The molecule has 0 amide bonds. The Labute approximate surface area is 94.6 Å². The fourth-order valence-corrected chi connectivity index (χ4v) is 1.65. The summed E-state index contributed by atoms with van der Waals surface area (Å²) in [7, 11) is 3.41. The van der Waals surface area contributed by atoms with Crippen molar-refractivity contribution < 1.29 is 13.5 Å². The van der Waals surface area contributed by atoms with Crippen molar-refractivity contribution in [2.75, 3.05) is 14.2 Å². The molecule has 2 atom stereocenters. The third-order valence-electron chi connectivity index (χ3n) is 2.69.